The minimum Gasteiger partial charge on any atom is -0.377 e. The fourth-order valence-electron chi connectivity index (χ4n) is 4.03. The van der Waals surface area contributed by atoms with Gasteiger partial charge >= 0.3 is 0 Å². The summed E-state index contributed by atoms with van der Waals surface area (Å²) in [5.74, 6) is -0.422. The number of hydrogen-bond acceptors (Lipinski definition) is 4. The Labute approximate surface area is 151 Å². The molecule has 1 aromatic carbocycles. The third-order valence-corrected chi connectivity index (χ3v) is 6.11. The van der Waals surface area contributed by atoms with E-state index in [0.29, 0.717) is 39.8 Å². The van der Waals surface area contributed by atoms with E-state index in [9.17, 15) is 9.18 Å². The van der Waals surface area contributed by atoms with Crippen LogP contribution in [0.2, 0.25) is 5.02 Å². The highest BCUT2D eigenvalue weighted by Gasteiger charge is 2.36. The minimum atomic E-state index is -0.422. The number of benzene rings is 1. The van der Waals surface area contributed by atoms with Gasteiger partial charge in [0.15, 0.2) is 5.82 Å². The summed E-state index contributed by atoms with van der Waals surface area (Å²) in [7, 11) is 3.72. The molecule has 25 heavy (non-hydrogen) atoms. The number of hydrogen-bond donors (Lipinski definition) is 1. The normalized spacial score (nSPS) is 23.4. The molecule has 2 aliphatic rings. The number of aryl methyl sites for hydroxylation is 1. The first-order valence-electron chi connectivity index (χ1n) is 8.53. The fourth-order valence-corrected chi connectivity index (χ4v) is 4.22. The van der Waals surface area contributed by atoms with E-state index in [0.717, 1.165) is 18.8 Å². The van der Waals surface area contributed by atoms with Crippen molar-refractivity contribution in [1.82, 2.24) is 9.47 Å². The number of piperazine rings is 1. The molecule has 0 bridgehead atoms. The zero-order valence-corrected chi connectivity index (χ0v) is 15.6. The average molecular weight is 365 g/mol. The van der Waals surface area contributed by atoms with E-state index in [-0.39, 0.29) is 11.6 Å². The molecule has 134 valence electrons. The predicted molar refractivity (Wildman–Crippen MR) is 101 cm³/mol. The van der Waals surface area contributed by atoms with Crippen LogP contribution in [0.15, 0.2) is 10.9 Å². The molecule has 0 radical (unpaired) electrons. The summed E-state index contributed by atoms with van der Waals surface area (Å²) in [4.78, 5) is 17.4. The van der Waals surface area contributed by atoms with Crippen molar-refractivity contribution in [2.24, 2.45) is 7.05 Å². The zero-order valence-electron chi connectivity index (χ0n) is 14.9. The number of halogens is 2. The third-order valence-electron chi connectivity index (χ3n) is 5.72. The van der Waals surface area contributed by atoms with Gasteiger partial charge in [0.25, 0.3) is 5.56 Å². The standard InChI is InChI=1S/C18H22ClFN4O/c1-9-7-24-11(8-22(9)3)6-21-15-17(24)12-5-13(19)10(2)14(20)16(12)23(4)18(15)25/h5,9,11,21H,6-8H2,1-4H3. The summed E-state index contributed by atoms with van der Waals surface area (Å²) in [6.07, 6.45) is 0. The summed E-state index contributed by atoms with van der Waals surface area (Å²) in [6.45, 7) is 6.20. The van der Waals surface area contributed by atoms with Crippen molar-refractivity contribution in [3.8, 4) is 0 Å². The molecule has 0 aliphatic carbocycles. The molecule has 1 saturated heterocycles. The first kappa shape index (κ1) is 16.7. The molecule has 0 saturated carbocycles. The summed E-state index contributed by atoms with van der Waals surface area (Å²) in [5.41, 5.74) is 1.82. The maximum atomic E-state index is 14.9. The topological polar surface area (TPSA) is 40.5 Å². The molecule has 1 aromatic heterocycles. The van der Waals surface area contributed by atoms with Crippen LogP contribution in [-0.2, 0) is 7.05 Å². The summed E-state index contributed by atoms with van der Waals surface area (Å²) < 4.78 is 16.3. The van der Waals surface area contributed by atoms with Gasteiger partial charge in [0.2, 0.25) is 0 Å². The third kappa shape index (κ3) is 2.27. The molecule has 1 N–H and O–H groups in total. The van der Waals surface area contributed by atoms with Crippen LogP contribution in [0.1, 0.15) is 12.5 Å². The van der Waals surface area contributed by atoms with Crippen molar-refractivity contribution >= 4 is 33.9 Å². The lowest BCUT2D eigenvalue weighted by molar-refractivity contribution is 0.202. The first-order valence-corrected chi connectivity index (χ1v) is 8.91. The van der Waals surface area contributed by atoms with Gasteiger partial charge in [-0.25, -0.2) is 4.39 Å². The van der Waals surface area contributed by atoms with E-state index in [1.54, 1.807) is 20.0 Å². The summed E-state index contributed by atoms with van der Waals surface area (Å²) >= 11 is 6.28. The van der Waals surface area contributed by atoms with Crippen LogP contribution in [0.25, 0.3) is 10.9 Å². The Balaban J connectivity index is 2.06. The number of nitrogens with zero attached hydrogens (tertiary/aromatic N) is 3. The number of anilines is 2. The van der Waals surface area contributed by atoms with Crippen molar-refractivity contribution in [2.45, 2.75) is 25.9 Å². The number of fused-ring (bicyclic) bond motifs is 5. The van der Waals surface area contributed by atoms with Gasteiger partial charge in [-0.05, 0) is 27.0 Å². The van der Waals surface area contributed by atoms with Crippen LogP contribution in [-0.4, -0.2) is 48.2 Å². The number of nitrogens with one attached hydrogen (secondary N) is 1. The second kappa shape index (κ2) is 5.61. The van der Waals surface area contributed by atoms with Crippen LogP contribution in [0.3, 0.4) is 0 Å². The molecule has 0 amide bonds. The molecule has 3 heterocycles. The highest BCUT2D eigenvalue weighted by Crippen LogP contribution is 2.40. The van der Waals surface area contributed by atoms with E-state index in [4.69, 9.17) is 11.6 Å². The van der Waals surface area contributed by atoms with Gasteiger partial charge in [0, 0.05) is 48.7 Å². The largest absolute Gasteiger partial charge is 0.377 e. The van der Waals surface area contributed by atoms with Crippen LogP contribution in [0.4, 0.5) is 15.8 Å². The second-order valence-corrected chi connectivity index (χ2v) is 7.66. The quantitative estimate of drug-likeness (QED) is 0.780. The molecule has 2 atom stereocenters. The average Bonchev–Trinajstić information content (AvgIpc) is 2.57. The molecule has 0 spiro atoms. The van der Waals surface area contributed by atoms with Gasteiger partial charge in [0.1, 0.15) is 5.69 Å². The maximum Gasteiger partial charge on any atom is 0.276 e. The molecule has 5 nitrogen and oxygen atoms in total. The molecule has 7 heteroatoms. The highest BCUT2D eigenvalue weighted by molar-refractivity contribution is 6.32. The van der Waals surface area contributed by atoms with E-state index in [2.05, 4.69) is 29.1 Å². The highest BCUT2D eigenvalue weighted by atomic mass is 35.5. The molecular formula is C18H22ClFN4O. The van der Waals surface area contributed by atoms with Gasteiger partial charge in [-0.2, -0.15) is 0 Å². The Morgan fingerprint density at radius 3 is 2.76 bits per heavy atom. The Hall–Kier alpha value is -1.79. The van der Waals surface area contributed by atoms with E-state index < -0.39 is 5.82 Å². The molecule has 2 unspecified atom stereocenters. The summed E-state index contributed by atoms with van der Waals surface area (Å²) in [5, 5.41) is 4.36. The molecule has 2 aromatic rings. The second-order valence-electron chi connectivity index (χ2n) is 7.26. The number of aromatic nitrogens is 1. The van der Waals surface area contributed by atoms with Crippen LogP contribution >= 0.6 is 11.6 Å². The Morgan fingerprint density at radius 2 is 2.04 bits per heavy atom. The molecular weight excluding hydrogens is 343 g/mol. The fraction of sp³-hybridized carbons (Fsp3) is 0.500. The van der Waals surface area contributed by atoms with Gasteiger partial charge in [-0.3, -0.25) is 9.69 Å². The van der Waals surface area contributed by atoms with Gasteiger partial charge in [-0.15, -0.1) is 0 Å². The van der Waals surface area contributed by atoms with E-state index in [1.165, 1.54) is 4.57 Å². The van der Waals surface area contributed by atoms with Gasteiger partial charge in [-0.1, -0.05) is 11.6 Å². The SMILES string of the molecule is Cc1c(Cl)cc2c3c(c(=O)n(C)c2c1F)NCC1CN(C)C(C)CN31. The molecule has 1 fully saturated rings. The monoisotopic (exact) mass is 364 g/mol. The van der Waals surface area contributed by atoms with Crippen molar-refractivity contribution in [3.05, 3.63) is 32.8 Å². The number of pyridine rings is 1. The Morgan fingerprint density at radius 1 is 1.32 bits per heavy atom. The van der Waals surface area contributed by atoms with Crippen LogP contribution < -0.4 is 15.8 Å². The van der Waals surface area contributed by atoms with Crippen molar-refractivity contribution in [1.29, 1.82) is 0 Å². The van der Waals surface area contributed by atoms with Crippen molar-refractivity contribution in [2.75, 3.05) is 36.9 Å². The maximum absolute atomic E-state index is 14.9. The predicted octanol–water partition coefficient (Wildman–Crippen LogP) is 2.57. The number of likely N-dealkylation sites (N-methyl/N-ethyl adjacent to an activating group) is 1. The Kier molecular flexibility index (Phi) is 3.74. The van der Waals surface area contributed by atoms with Crippen LogP contribution in [0, 0.1) is 12.7 Å². The van der Waals surface area contributed by atoms with Crippen LogP contribution in [0.5, 0.6) is 0 Å². The molecule has 4 rings (SSSR count). The van der Waals surface area contributed by atoms with E-state index >= 15 is 0 Å². The van der Waals surface area contributed by atoms with E-state index in [1.807, 2.05) is 0 Å². The zero-order chi connectivity index (χ0) is 18.0. The lowest BCUT2D eigenvalue weighted by atomic mass is 9.99. The Bertz CT molecular complexity index is 941. The van der Waals surface area contributed by atoms with Gasteiger partial charge < -0.3 is 14.8 Å². The first-order chi connectivity index (χ1) is 11.8. The lowest BCUT2D eigenvalue weighted by Gasteiger charge is -2.48. The number of rotatable bonds is 0. The van der Waals surface area contributed by atoms with Gasteiger partial charge in [0.05, 0.1) is 17.2 Å². The summed E-state index contributed by atoms with van der Waals surface area (Å²) in [6, 6.07) is 2.39. The molecule has 2 aliphatic heterocycles. The minimum absolute atomic E-state index is 0.201. The smallest absolute Gasteiger partial charge is 0.276 e. The lowest BCUT2D eigenvalue weighted by Crippen LogP contribution is -2.60. The van der Waals surface area contributed by atoms with Crippen molar-refractivity contribution in [3.63, 3.8) is 0 Å². The van der Waals surface area contributed by atoms with Crippen molar-refractivity contribution < 1.29 is 4.39 Å².